The molecular formula is C88H90O11. The zero-order valence-electron chi connectivity index (χ0n) is 61.7. The molecular weight excluding hydrogens is 1230 g/mol. The zero-order valence-corrected chi connectivity index (χ0v) is 61.7. The fraction of sp³-hybridized carbons (Fsp3) is 0.273. The predicted molar refractivity (Wildman–Crippen MR) is 397 cm³/mol. The van der Waals surface area contributed by atoms with E-state index in [4.69, 9.17) is 52.1 Å². The minimum absolute atomic E-state index is 0.425. The highest BCUT2D eigenvalue weighted by molar-refractivity contribution is 5.89. The van der Waals surface area contributed by atoms with Crippen molar-refractivity contribution in [3.05, 3.63) is 238 Å². The van der Waals surface area contributed by atoms with Crippen molar-refractivity contribution >= 4 is 0 Å². The average Bonchev–Trinajstić information content (AvgIpc) is 0.730. The fourth-order valence-corrected chi connectivity index (χ4v) is 14.2. The largest absolute Gasteiger partial charge is 0.454 e. The number of hydrogen-bond donors (Lipinski definition) is 0. The first-order chi connectivity index (χ1) is 47.0. The maximum Gasteiger partial charge on any atom is 0.216 e. The van der Waals surface area contributed by atoms with Gasteiger partial charge >= 0.3 is 0 Å². The average molecular weight is 1320 g/mol. The Morgan fingerprint density at radius 2 is 0.606 bits per heavy atom. The van der Waals surface area contributed by atoms with Crippen LogP contribution in [-0.2, 0) is 0 Å². The van der Waals surface area contributed by atoms with E-state index >= 15 is 0 Å². The van der Waals surface area contributed by atoms with E-state index in [-0.39, 0.29) is 0 Å². The lowest BCUT2D eigenvalue weighted by Crippen LogP contribution is -2.10. The van der Waals surface area contributed by atoms with Gasteiger partial charge in [-0.2, -0.15) is 0 Å². The van der Waals surface area contributed by atoms with Crippen LogP contribution in [0.5, 0.6) is 121 Å². The molecule has 0 atom stereocenters. The van der Waals surface area contributed by atoms with Gasteiger partial charge in [0.25, 0.3) is 0 Å². The minimum Gasteiger partial charge on any atom is -0.454 e. The van der Waals surface area contributed by atoms with Gasteiger partial charge in [-0.05, 0) is 313 Å². The third kappa shape index (κ3) is 13.6. The molecule has 13 rings (SSSR count). The van der Waals surface area contributed by atoms with Crippen molar-refractivity contribution in [1.29, 1.82) is 0 Å². The Hall–Kier alpha value is -10.5. The Kier molecular flexibility index (Phi) is 18.7. The molecule has 0 spiro atoms. The third-order valence-corrected chi connectivity index (χ3v) is 18.0. The standard InChI is InChI=1S/C56H54O7.C32H36O4/c1-27-15-28(2)20-41(19-27)57-49-38(12)25-39(13)50-55(49)62-47-36(10)23-32(6)44(53(47)60-50)45-33(7)24-37(11)48-54(45)61-51-40(14)26-43(59-46-34(8)17-31(5)18-35(46)9)52(56(51)63-48)58-42-21-29(3)16-30(4)22-42;1-10-11-18(2)15-25(9)33-31-27(34-28-21(5)12-19(3)13-22(28)6)17-24(8)30-32(31)36-29-23(7)14-20(4)16-26(29)35-30/h15-26H,1-14H3;11-17H,10H2,1-9H3/b;18-11-,25-15+. The van der Waals surface area contributed by atoms with Crippen LogP contribution in [0.15, 0.2) is 127 Å². The van der Waals surface area contributed by atoms with Crippen molar-refractivity contribution in [2.75, 3.05) is 0 Å². The summed E-state index contributed by atoms with van der Waals surface area (Å²) in [5, 5.41) is 0. The second kappa shape index (κ2) is 27.1. The molecule has 3 heterocycles. The predicted octanol–water partition coefficient (Wildman–Crippen LogP) is 26.7. The van der Waals surface area contributed by atoms with Crippen LogP contribution in [0.2, 0.25) is 0 Å². The number of allylic oxidation sites excluding steroid dienone is 4. The molecule has 99 heavy (non-hydrogen) atoms. The van der Waals surface area contributed by atoms with Crippen molar-refractivity contribution in [3.8, 4) is 132 Å². The number of ether oxygens (including phenoxy) is 11. The molecule has 3 aliphatic rings. The lowest BCUT2D eigenvalue weighted by atomic mass is 9.90. The van der Waals surface area contributed by atoms with Crippen LogP contribution in [0.1, 0.15) is 138 Å². The van der Waals surface area contributed by atoms with E-state index in [1.54, 1.807) is 0 Å². The SMILES string of the molecule is CC/C=C(C)\C=C(/C)Oc1c(Oc2c(C)cc(C)cc2C)cc(C)c2c1Oc1c(C)cc(C)cc1O2.Cc1cc(C)cc(Oc2c(C)cc(C)c3c2Oc2c(C)cc(C)c(-c4c(C)cc(C)c5c4Oc4c(C)cc(Oc6c(C)cc(C)cc6C)c(Oc6cc(C)cc(C)c6)c4O5)c2O3)c1. The van der Waals surface area contributed by atoms with Crippen molar-refractivity contribution < 1.29 is 52.1 Å². The van der Waals surface area contributed by atoms with E-state index in [2.05, 4.69) is 171 Å². The van der Waals surface area contributed by atoms with Gasteiger partial charge in [0, 0.05) is 11.1 Å². The Morgan fingerprint density at radius 3 is 1.07 bits per heavy atom. The number of hydrogen-bond acceptors (Lipinski definition) is 11. The van der Waals surface area contributed by atoms with Gasteiger partial charge in [0.1, 0.15) is 28.8 Å². The van der Waals surface area contributed by atoms with Gasteiger partial charge < -0.3 is 52.1 Å². The molecule has 0 radical (unpaired) electrons. The van der Waals surface area contributed by atoms with E-state index < -0.39 is 0 Å². The Labute approximate surface area is 584 Å². The van der Waals surface area contributed by atoms with Crippen molar-refractivity contribution in [1.82, 2.24) is 0 Å². The van der Waals surface area contributed by atoms with Gasteiger partial charge in [-0.15, -0.1) is 0 Å². The van der Waals surface area contributed by atoms with Crippen molar-refractivity contribution in [2.24, 2.45) is 0 Å². The summed E-state index contributed by atoms with van der Waals surface area (Å²) in [6.45, 7) is 47.3. The second-order valence-corrected chi connectivity index (χ2v) is 27.7. The van der Waals surface area contributed by atoms with Crippen LogP contribution in [0.25, 0.3) is 11.1 Å². The molecule has 0 fully saturated rings. The van der Waals surface area contributed by atoms with E-state index in [0.717, 1.165) is 146 Å². The number of rotatable bonds is 13. The van der Waals surface area contributed by atoms with Crippen molar-refractivity contribution in [2.45, 2.75) is 166 Å². The monoisotopic (exact) mass is 1320 g/mol. The number of fused-ring (bicyclic) bond motifs is 6. The lowest BCUT2D eigenvalue weighted by molar-refractivity contribution is 0.317. The molecule has 11 heteroatoms. The van der Waals surface area contributed by atoms with E-state index in [9.17, 15) is 0 Å². The Balaban J connectivity index is 0.000000219. The normalized spacial score (nSPS) is 12.4. The maximum absolute atomic E-state index is 7.16. The molecule has 0 aliphatic carbocycles. The molecule has 0 bridgehead atoms. The topological polar surface area (TPSA) is 102 Å². The summed E-state index contributed by atoms with van der Waals surface area (Å²) in [5.41, 5.74) is 23.4. The fourth-order valence-electron chi connectivity index (χ4n) is 14.2. The smallest absolute Gasteiger partial charge is 0.216 e. The molecule has 0 saturated carbocycles. The Bertz CT molecular complexity index is 4970. The second-order valence-electron chi connectivity index (χ2n) is 27.7. The summed E-state index contributed by atoms with van der Waals surface area (Å²) in [6.07, 6.45) is 5.14. The van der Waals surface area contributed by atoms with Gasteiger partial charge in [-0.25, -0.2) is 0 Å². The number of aryl methyl sites for hydroxylation is 20. The molecule has 10 aromatic rings. The highest BCUT2D eigenvalue weighted by Gasteiger charge is 2.38. The molecule has 508 valence electrons. The van der Waals surface area contributed by atoms with Gasteiger partial charge in [-0.3, -0.25) is 0 Å². The quantitative estimate of drug-likeness (QED) is 0.0815. The highest BCUT2D eigenvalue weighted by Crippen LogP contribution is 2.64. The molecule has 0 amide bonds. The number of benzene rings is 10. The summed E-state index contributed by atoms with van der Waals surface area (Å²) in [7, 11) is 0. The molecule has 11 nitrogen and oxygen atoms in total. The van der Waals surface area contributed by atoms with Crippen LogP contribution in [0.3, 0.4) is 0 Å². The summed E-state index contributed by atoms with van der Waals surface area (Å²) < 4.78 is 74.5. The van der Waals surface area contributed by atoms with Gasteiger partial charge in [0.15, 0.2) is 69.0 Å². The van der Waals surface area contributed by atoms with Crippen LogP contribution in [0.4, 0.5) is 0 Å². The molecule has 3 aliphatic heterocycles. The summed E-state index contributed by atoms with van der Waals surface area (Å²) in [5.74, 6) is 13.5. The highest BCUT2D eigenvalue weighted by atomic mass is 16.6. The van der Waals surface area contributed by atoms with Crippen LogP contribution >= 0.6 is 0 Å². The third-order valence-electron chi connectivity index (χ3n) is 18.0. The molecule has 0 saturated heterocycles. The van der Waals surface area contributed by atoms with Crippen LogP contribution in [-0.4, -0.2) is 0 Å². The minimum atomic E-state index is 0.425. The lowest BCUT2D eigenvalue weighted by Gasteiger charge is -2.31. The van der Waals surface area contributed by atoms with Crippen LogP contribution < -0.4 is 52.1 Å². The summed E-state index contributed by atoms with van der Waals surface area (Å²) in [6, 6.07) is 35.2. The molecule has 0 N–H and O–H groups in total. The molecule has 0 unspecified atom stereocenters. The van der Waals surface area contributed by atoms with E-state index in [1.165, 1.54) is 11.1 Å². The maximum atomic E-state index is 7.16. The van der Waals surface area contributed by atoms with Crippen LogP contribution in [0, 0.1) is 138 Å². The first kappa shape index (κ1) is 68.4. The molecule has 10 aromatic carbocycles. The van der Waals surface area contributed by atoms with Gasteiger partial charge in [0.2, 0.25) is 28.7 Å². The summed E-state index contributed by atoms with van der Waals surface area (Å²) in [4.78, 5) is 0. The summed E-state index contributed by atoms with van der Waals surface area (Å²) >= 11 is 0. The zero-order chi connectivity index (χ0) is 70.9. The first-order valence-electron chi connectivity index (χ1n) is 34.0. The van der Waals surface area contributed by atoms with Gasteiger partial charge in [-0.1, -0.05) is 84.3 Å². The van der Waals surface area contributed by atoms with Crippen molar-refractivity contribution in [3.63, 3.8) is 0 Å². The van der Waals surface area contributed by atoms with E-state index in [0.29, 0.717) is 103 Å². The van der Waals surface area contributed by atoms with Gasteiger partial charge in [0.05, 0.1) is 0 Å². The first-order valence-corrected chi connectivity index (χ1v) is 34.0. The molecule has 0 aromatic heterocycles. The Morgan fingerprint density at radius 1 is 0.283 bits per heavy atom. The van der Waals surface area contributed by atoms with E-state index in [1.807, 2.05) is 104 Å².